The minimum Gasteiger partial charge on any atom is -0.360 e. The van der Waals surface area contributed by atoms with Gasteiger partial charge in [-0.15, -0.1) is 4.79 Å². The SMILES string of the molecule is CS(=O)(=O)C(=[N+]=[N-])C(=O)c1ccccc1. The lowest BCUT2D eigenvalue weighted by Crippen LogP contribution is -2.24. The molecule has 0 bridgehead atoms. The van der Waals surface area contributed by atoms with E-state index in [1.807, 2.05) is 0 Å². The fourth-order valence-electron chi connectivity index (χ4n) is 1.00. The number of hydrogen-bond donors (Lipinski definition) is 0. The van der Waals surface area contributed by atoms with Crippen molar-refractivity contribution in [1.29, 1.82) is 0 Å². The first kappa shape index (κ1) is 11.3. The molecule has 78 valence electrons. The zero-order valence-corrected chi connectivity index (χ0v) is 8.73. The second-order valence-electron chi connectivity index (χ2n) is 2.87. The maximum absolute atomic E-state index is 11.6. The van der Waals surface area contributed by atoms with Gasteiger partial charge >= 0.3 is 5.04 Å². The Bertz CT molecular complexity index is 528. The number of benzene rings is 1. The second-order valence-corrected chi connectivity index (χ2v) is 4.80. The smallest absolute Gasteiger partial charge is 0.360 e. The maximum Gasteiger partial charge on any atom is 0.452 e. The molecule has 0 fully saturated rings. The van der Waals surface area contributed by atoms with Crippen molar-refractivity contribution in [2.75, 3.05) is 6.26 Å². The van der Waals surface area contributed by atoms with Crippen LogP contribution < -0.4 is 0 Å². The molecule has 0 amide bonds. The highest BCUT2D eigenvalue weighted by Crippen LogP contribution is 2.03. The Morgan fingerprint density at radius 1 is 1.27 bits per heavy atom. The largest absolute Gasteiger partial charge is 0.452 e. The number of hydrogen-bond acceptors (Lipinski definition) is 3. The summed E-state index contributed by atoms with van der Waals surface area (Å²) in [6, 6.07) is 7.75. The monoisotopic (exact) mass is 224 g/mol. The lowest BCUT2D eigenvalue weighted by molar-refractivity contribution is -0.00152. The highest BCUT2D eigenvalue weighted by molar-refractivity contribution is 8.07. The minimum atomic E-state index is -3.81. The van der Waals surface area contributed by atoms with Gasteiger partial charge in [-0.3, -0.25) is 4.79 Å². The summed E-state index contributed by atoms with van der Waals surface area (Å²) in [5, 5.41) is -0.853. The Morgan fingerprint density at radius 3 is 2.20 bits per heavy atom. The van der Waals surface area contributed by atoms with Crippen molar-refractivity contribution in [3.63, 3.8) is 0 Å². The van der Waals surface area contributed by atoms with Crippen molar-refractivity contribution in [3.8, 4) is 0 Å². The van der Waals surface area contributed by atoms with Gasteiger partial charge in [0.15, 0.2) is 0 Å². The van der Waals surface area contributed by atoms with E-state index >= 15 is 0 Å². The van der Waals surface area contributed by atoms with Crippen LogP contribution in [0.15, 0.2) is 30.3 Å². The van der Waals surface area contributed by atoms with Crippen LogP contribution in [0.1, 0.15) is 10.4 Å². The summed E-state index contributed by atoms with van der Waals surface area (Å²) in [7, 11) is -3.81. The topological polar surface area (TPSA) is 87.6 Å². The molecule has 1 aromatic rings. The number of sulfone groups is 1. The van der Waals surface area contributed by atoms with E-state index < -0.39 is 20.7 Å². The third kappa shape index (κ3) is 2.59. The highest BCUT2D eigenvalue weighted by Gasteiger charge is 2.32. The average molecular weight is 224 g/mol. The molecule has 6 heteroatoms. The van der Waals surface area contributed by atoms with Crippen molar-refractivity contribution >= 4 is 20.7 Å². The van der Waals surface area contributed by atoms with E-state index in [1.54, 1.807) is 18.2 Å². The molecule has 0 saturated carbocycles. The molecule has 0 N–H and O–H groups in total. The molecular weight excluding hydrogens is 216 g/mol. The summed E-state index contributed by atoms with van der Waals surface area (Å²) < 4.78 is 22.1. The molecule has 0 heterocycles. The Balaban J connectivity index is 3.23. The van der Waals surface area contributed by atoms with Gasteiger partial charge in [-0.1, -0.05) is 30.3 Å². The molecular formula is C9H8N2O3S. The number of nitrogens with zero attached hydrogens (tertiary/aromatic N) is 2. The van der Waals surface area contributed by atoms with E-state index in [0.29, 0.717) is 0 Å². The standard InChI is InChI=1S/C9H8N2O3S/c1-15(13,14)9(11-10)8(12)7-5-3-2-4-6-7/h2-6H,1H3. The van der Waals surface area contributed by atoms with Gasteiger partial charge < -0.3 is 5.53 Å². The van der Waals surface area contributed by atoms with E-state index in [4.69, 9.17) is 5.53 Å². The number of carbonyl (C=O) groups excluding carboxylic acids is 1. The molecule has 0 aliphatic carbocycles. The van der Waals surface area contributed by atoms with Crippen LogP contribution in [0, 0.1) is 0 Å². The lowest BCUT2D eigenvalue weighted by Gasteiger charge is -1.94. The molecule has 0 aromatic heterocycles. The van der Waals surface area contributed by atoms with Crippen molar-refractivity contribution in [2.45, 2.75) is 0 Å². The second kappa shape index (κ2) is 4.16. The van der Waals surface area contributed by atoms with Crippen LogP contribution >= 0.6 is 0 Å². The predicted octanol–water partition coefficient (Wildman–Crippen LogP) is 0.542. The molecule has 0 saturated heterocycles. The number of carbonyl (C=O) groups is 1. The fourth-order valence-corrected chi connectivity index (χ4v) is 1.60. The van der Waals surface area contributed by atoms with E-state index in [2.05, 4.69) is 4.79 Å². The molecule has 0 aliphatic rings. The van der Waals surface area contributed by atoms with Crippen LogP contribution in [0.3, 0.4) is 0 Å². The summed E-state index contributed by atoms with van der Waals surface area (Å²) in [4.78, 5) is 14.1. The van der Waals surface area contributed by atoms with Crippen LogP contribution in [0.25, 0.3) is 5.53 Å². The van der Waals surface area contributed by atoms with Gasteiger partial charge in [-0.25, -0.2) is 8.42 Å². The van der Waals surface area contributed by atoms with Gasteiger partial charge in [-0.2, -0.15) is 0 Å². The Kier molecular flexibility index (Phi) is 3.14. The first-order valence-corrected chi connectivity index (χ1v) is 5.88. The van der Waals surface area contributed by atoms with Crippen molar-refractivity contribution in [3.05, 3.63) is 41.4 Å². The summed E-state index contributed by atoms with van der Waals surface area (Å²) in [6.45, 7) is 0. The third-order valence-electron chi connectivity index (χ3n) is 1.67. The summed E-state index contributed by atoms with van der Waals surface area (Å²) in [5.74, 6) is -0.819. The van der Waals surface area contributed by atoms with Gasteiger partial charge in [0.1, 0.15) is 0 Å². The van der Waals surface area contributed by atoms with Crippen LogP contribution in [0.2, 0.25) is 0 Å². The molecule has 0 spiro atoms. The minimum absolute atomic E-state index is 0.163. The van der Waals surface area contributed by atoms with Gasteiger partial charge in [-0.05, 0) is 0 Å². The molecule has 0 atom stereocenters. The van der Waals surface area contributed by atoms with Gasteiger partial charge in [0.25, 0.3) is 15.6 Å². The van der Waals surface area contributed by atoms with E-state index in [0.717, 1.165) is 6.26 Å². The van der Waals surface area contributed by atoms with Crippen LogP contribution in [0.4, 0.5) is 0 Å². The fraction of sp³-hybridized carbons (Fsp3) is 0.111. The van der Waals surface area contributed by atoms with Crippen LogP contribution in [-0.2, 0) is 9.84 Å². The van der Waals surface area contributed by atoms with E-state index in [-0.39, 0.29) is 5.56 Å². The average Bonchev–Trinajstić information content (AvgIpc) is 2.18. The molecule has 1 rings (SSSR count). The first-order chi connectivity index (χ1) is 6.96. The van der Waals surface area contributed by atoms with Crippen molar-refractivity contribution < 1.29 is 18.0 Å². The normalized spacial score (nSPS) is 10.5. The Morgan fingerprint density at radius 2 is 1.80 bits per heavy atom. The predicted molar refractivity (Wildman–Crippen MR) is 54.2 cm³/mol. The summed E-state index contributed by atoms with van der Waals surface area (Å²) in [6.07, 6.45) is 0.808. The zero-order chi connectivity index (χ0) is 11.5. The summed E-state index contributed by atoms with van der Waals surface area (Å²) >= 11 is 0. The number of rotatable bonds is 2. The summed E-state index contributed by atoms with van der Waals surface area (Å²) in [5.41, 5.74) is 8.64. The van der Waals surface area contributed by atoms with Crippen LogP contribution in [-0.4, -0.2) is 30.3 Å². The lowest BCUT2D eigenvalue weighted by atomic mass is 10.1. The molecule has 15 heavy (non-hydrogen) atoms. The molecule has 0 unspecified atom stereocenters. The molecule has 5 nitrogen and oxygen atoms in total. The zero-order valence-electron chi connectivity index (χ0n) is 7.91. The quantitative estimate of drug-likeness (QED) is 0.241. The molecule has 0 radical (unpaired) electrons. The van der Waals surface area contributed by atoms with Crippen molar-refractivity contribution in [1.82, 2.24) is 0 Å². The van der Waals surface area contributed by atoms with E-state index in [9.17, 15) is 13.2 Å². The van der Waals surface area contributed by atoms with Crippen molar-refractivity contribution in [2.24, 2.45) is 0 Å². The van der Waals surface area contributed by atoms with E-state index in [1.165, 1.54) is 12.1 Å². The Labute approximate surface area is 86.9 Å². The third-order valence-corrected chi connectivity index (χ3v) is 2.64. The van der Waals surface area contributed by atoms with Gasteiger partial charge in [0.05, 0.1) is 6.26 Å². The molecule has 1 aromatic carbocycles. The number of ketones is 1. The van der Waals surface area contributed by atoms with Gasteiger partial charge in [0, 0.05) is 5.56 Å². The van der Waals surface area contributed by atoms with Gasteiger partial charge in [0.2, 0.25) is 0 Å². The highest BCUT2D eigenvalue weighted by atomic mass is 32.2. The number of Topliss-reactive ketones (excluding diaryl/α,β-unsaturated/α-hetero) is 1. The Hall–Kier alpha value is -1.78. The first-order valence-electron chi connectivity index (χ1n) is 3.98. The maximum atomic E-state index is 11.6. The van der Waals surface area contributed by atoms with Crippen LogP contribution in [0.5, 0.6) is 0 Å². The molecule has 0 aliphatic heterocycles.